The van der Waals surface area contributed by atoms with E-state index in [0.717, 1.165) is 25.2 Å². The number of nitrogens with zero attached hydrogens (tertiary/aromatic N) is 5. The van der Waals surface area contributed by atoms with Crippen molar-refractivity contribution in [3.8, 4) is 11.1 Å². The van der Waals surface area contributed by atoms with Gasteiger partial charge in [-0.15, -0.1) is 0 Å². The molecule has 0 spiro atoms. The Bertz CT molecular complexity index is 1790. The van der Waals surface area contributed by atoms with E-state index < -0.39 is 36.2 Å². The standard InChI is InChI=1S/C33H42F3N8O4P/c1-6-32(7-2,49(46,47)48)24-11-13-25(14-12-24)40-31-38-20-27(33(34,35)36)29(42-31)41-28-15-10-22(18-26(28)30(45)37-5)23-19-39-44(21-23)17-16-43(8-3)9-4/h10-15,18-21H,6-9,16-17H2,1-5H3,(H,37,45)(H2,46,47,48)(H2,38,40,41,42). The van der Waals surface area contributed by atoms with Crippen molar-refractivity contribution >= 4 is 36.6 Å². The molecule has 1 amide bonds. The number of alkyl halides is 3. The molecule has 0 bridgehead atoms. The molecule has 0 saturated heterocycles. The number of hydrogen-bond acceptors (Lipinski definition) is 8. The predicted octanol–water partition coefficient (Wildman–Crippen LogP) is 6.74. The van der Waals surface area contributed by atoms with Gasteiger partial charge >= 0.3 is 13.8 Å². The lowest BCUT2D eigenvalue weighted by molar-refractivity contribution is -0.137. The van der Waals surface area contributed by atoms with E-state index in [1.807, 2.05) is 6.20 Å². The second kappa shape index (κ2) is 15.5. The number of amides is 1. The van der Waals surface area contributed by atoms with Crippen LogP contribution in [-0.4, -0.2) is 67.0 Å². The summed E-state index contributed by atoms with van der Waals surface area (Å²) < 4.78 is 56.5. The first-order chi connectivity index (χ1) is 23.2. The van der Waals surface area contributed by atoms with Crippen LogP contribution in [0.2, 0.25) is 0 Å². The number of benzene rings is 2. The number of rotatable bonds is 15. The monoisotopic (exact) mass is 702 g/mol. The molecule has 2 heterocycles. The summed E-state index contributed by atoms with van der Waals surface area (Å²) in [5, 5.41) is 11.1. The third kappa shape index (κ3) is 8.47. The first-order valence-electron chi connectivity index (χ1n) is 15.9. The highest BCUT2D eigenvalue weighted by molar-refractivity contribution is 7.53. The molecule has 0 atom stereocenters. The molecule has 12 nitrogen and oxygen atoms in total. The smallest absolute Gasteiger partial charge is 0.355 e. The molecule has 0 aliphatic heterocycles. The number of anilines is 4. The molecule has 0 unspecified atom stereocenters. The fourth-order valence-electron chi connectivity index (χ4n) is 5.68. The van der Waals surface area contributed by atoms with Crippen LogP contribution >= 0.6 is 7.60 Å². The molecule has 2 aromatic carbocycles. The number of aromatic nitrogens is 4. The van der Waals surface area contributed by atoms with Crippen molar-refractivity contribution in [2.24, 2.45) is 0 Å². The van der Waals surface area contributed by atoms with E-state index in [2.05, 4.69) is 49.8 Å². The van der Waals surface area contributed by atoms with Gasteiger partial charge in [0.25, 0.3) is 5.91 Å². The highest BCUT2D eigenvalue weighted by Crippen LogP contribution is 2.61. The zero-order valence-corrected chi connectivity index (χ0v) is 28.9. The number of carbonyl (C=O) groups excluding carboxylic acids is 1. The van der Waals surface area contributed by atoms with Gasteiger partial charge in [-0.3, -0.25) is 14.0 Å². The van der Waals surface area contributed by atoms with E-state index in [1.54, 1.807) is 61.1 Å². The minimum atomic E-state index is -4.82. The van der Waals surface area contributed by atoms with Gasteiger partial charge in [0.15, 0.2) is 0 Å². The second-order valence-corrected chi connectivity index (χ2v) is 13.4. The van der Waals surface area contributed by atoms with Crippen molar-refractivity contribution in [1.82, 2.24) is 30.0 Å². The maximum Gasteiger partial charge on any atom is 0.421 e. The fourth-order valence-corrected chi connectivity index (χ4v) is 6.99. The Morgan fingerprint density at radius 3 is 2.20 bits per heavy atom. The lowest BCUT2D eigenvalue weighted by atomic mass is 9.92. The van der Waals surface area contributed by atoms with Crippen LogP contribution in [0.15, 0.2) is 61.1 Å². The van der Waals surface area contributed by atoms with E-state index in [4.69, 9.17) is 0 Å². The van der Waals surface area contributed by atoms with Crippen LogP contribution in [0.3, 0.4) is 0 Å². The Labute approximate surface area is 283 Å². The van der Waals surface area contributed by atoms with Crippen LogP contribution in [0.1, 0.15) is 62.0 Å². The topological polar surface area (TPSA) is 158 Å². The van der Waals surface area contributed by atoms with Crippen LogP contribution in [0.4, 0.5) is 36.3 Å². The number of halogens is 3. The highest BCUT2D eigenvalue weighted by Gasteiger charge is 2.45. The van der Waals surface area contributed by atoms with Gasteiger partial charge in [0, 0.05) is 37.2 Å². The Balaban J connectivity index is 1.64. The normalized spacial score (nSPS) is 12.3. The first kappa shape index (κ1) is 37.5. The lowest BCUT2D eigenvalue weighted by Gasteiger charge is -2.33. The molecule has 0 saturated carbocycles. The fraction of sp³-hybridized carbons (Fsp3) is 0.394. The molecule has 49 heavy (non-hydrogen) atoms. The summed E-state index contributed by atoms with van der Waals surface area (Å²) >= 11 is 0. The van der Waals surface area contributed by atoms with Crippen LogP contribution in [0, 0.1) is 0 Å². The molecule has 264 valence electrons. The molecule has 0 fully saturated rings. The zero-order valence-electron chi connectivity index (χ0n) is 28.0. The molecule has 4 rings (SSSR count). The molecule has 4 aromatic rings. The quantitative estimate of drug-likeness (QED) is 0.0841. The predicted molar refractivity (Wildman–Crippen MR) is 183 cm³/mol. The maximum absolute atomic E-state index is 14.1. The number of hydrogen-bond donors (Lipinski definition) is 5. The Morgan fingerprint density at radius 2 is 1.63 bits per heavy atom. The molecule has 16 heteroatoms. The van der Waals surface area contributed by atoms with Crippen LogP contribution in [0.25, 0.3) is 11.1 Å². The number of likely N-dealkylation sites (N-methyl/N-ethyl adjacent to an activating group) is 1. The van der Waals surface area contributed by atoms with Crippen LogP contribution < -0.4 is 16.0 Å². The van der Waals surface area contributed by atoms with Crippen molar-refractivity contribution in [3.05, 3.63) is 77.7 Å². The van der Waals surface area contributed by atoms with E-state index in [-0.39, 0.29) is 30.0 Å². The Hall–Kier alpha value is -4.30. The second-order valence-electron chi connectivity index (χ2n) is 11.4. The van der Waals surface area contributed by atoms with E-state index in [1.165, 1.54) is 13.1 Å². The molecule has 5 N–H and O–H groups in total. The van der Waals surface area contributed by atoms with Gasteiger partial charge in [0.2, 0.25) is 5.95 Å². The summed E-state index contributed by atoms with van der Waals surface area (Å²) in [6.07, 6.45) is -0.242. The van der Waals surface area contributed by atoms with Crippen LogP contribution in [0.5, 0.6) is 0 Å². The summed E-state index contributed by atoms with van der Waals surface area (Å²) in [5.74, 6) is -1.28. The lowest BCUT2D eigenvalue weighted by Crippen LogP contribution is -2.27. The number of nitrogens with one attached hydrogen (secondary N) is 3. The summed E-state index contributed by atoms with van der Waals surface area (Å²) in [4.78, 5) is 43.3. The van der Waals surface area contributed by atoms with Gasteiger partial charge in [-0.2, -0.15) is 23.3 Å². The van der Waals surface area contributed by atoms with Gasteiger partial charge in [0.05, 0.1) is 29.1 Å². The third-order valence-corrected chi connectivity index (χ3v) is 10.8. The van der Waals surface area contributed by atoms with E-state index in [0.29, 0.717) is 29.6 Å². The van der Waals surface area contributed by atoms with Crippen molar-refractivity contribution in [2.75, 3.05) is 37.3 Å². The van der Waals surface area contributed by atoms with Crippen molar-refractivity contribution in [2.45, 2.75) is 58.4 Å². The van der Waals surface area contributed by atoms with Gasteiger partial charge in [-0.1, -0.05) is 45.9 Å². The summed E-state index contributed by atoms with van der Waals surface area (Å²) in [5.41, 5.74) is 1.24. The molecular weight excluding hydrogens is 660 g/mol. The minimum absolute atomic E-state index is 0.0874. The highest BCUT2D eigenvalue weighted by atomic mass is 31.2. The molecule has 0 radical (unpaired) electrons. The van der Waals surface area contributed by atoms with E-state index in [9.17, 15) is 32.3 Å². The van der Waals surface area contributed by atoms with Crippen LogP contribution in [-0.2, 0) is 22.4 Å². The van der Waals surface area contributed by atoms with Gasteiger partial charge < -0.3 is 30.6 Å². The largest absolute Gasteiger partial charge is 0.421 e. The van der Waals surface area contributed by atoms with Gasteiger partial charge in [0.1, 0.15) is 11.4 Å². The zero-order chi connectivity index (χ0) is 36.0. The molecular formula is C33H42F3N8O4P. The van der Waals surface area contributed by atoms with Crippen molar-refractivity contribution in [3.63, 3.8) is 0 Å². The minimum Gasteiger partial charge on any atom is -0.355 e. The Morgan fingerprint density at radius 1 is 0.959 bits per heavy atom. The van der Waals surface area contributed by atoms with Gasteiger partial charge in [-0.25, -0.2) is 4.98 Å². The Kier molecular flexibility index (Phi) is 11.9. The molecule has 2 aromatic heterocycles. The first-order valence-corrected chi connectivity index (χ1v) is 17.6. The van der Waals surface area contributed by atoms with Gasteiger partial charge in [-0.05, 0) is 61.3 Å². The summed E-state index contributed by atoms with van der Waals surface area (Å²) in [7, 11) is -3.08. The molecule has 0 aliphatic carbocycles. The van der Waals surface area contributed by atoms with Crippen molar-refractivity contribution in [1.29, 1.82) is 0 Å². The number of carbonyl (C=O) groups is 1. The maximum atomic E-state index is 14.1. The summed E-state index contributed by atoms with van der Waals surface area (Å²) in [6, 6.07) is 11.0. The average Bonchev–Trinajstić information content (AvgIpc) is 3.54. The SMILES string of the molecule is CCN(CC)CCn1cc(-c2ccc(Nc3nc(Nc4ccc(C(CC)(CC)P(=O)(O)O)cc4)ncc3C(F)(F)F)c(C(=O)NC)c2)cn1. The van der Waals surface area contributed by atoms with E-state index >= 15 is 0 Å². The summed E-state index contributed by atoms with van der Waals surface area (Å²) in [6.45, 7) is 10.9. The van der Waals surface area contributed by atoms with Crippen molar-refractivity contribution < 1.29 is 32.3 Å². The average molecular weight is 703 g/mol. The third-order valence-electron chi connectivity index (χ3n) is 8.75. The molecule has 0 aliphatic rings.